The Morgan fingerprint density at radius 3 is 2.51 bits per heavy atom. The van der Waals surface area contributed by atoms with Crippen LogP contribution in [0, 0.1) is 0 Å². The predicted molar refractivity (Wildman–Crippen MR) is 146 cm³/mol. The van der Waals surface area contributed by atoms with E-state index in [9.17, 15) is 14.7 Å². The molecule has 10 heteroatoms. The lowest BCUT2D eigenvalue weighted by Crippen LogP contribution is -2.31. The van der Waals surface area contributed by atoms with Crippen LogP contribution in [0.4, 0.5) is 5.13 Å². The molecule has 39 heavy (non-hydrogen) atoms. The van der Waals surface area contributed by atoms with Crippen molar-refractivity contribution in [1.29, 1.82) is 0 Å². The zero-order valence-corrected chi connectivity index (χ0v) is 21.9. The van der Waals surface area contributed by atoms with E-state index in [0.717, 1.165) is 4.70 Å². The Hall–Kier alpha value is -4.83. The minimum Gasteiger partial charge on any atom is -0.503 e. The molecule has 0 bridgehead atoms. The van der Waals surface area contributed by atoms with E-state index >= 15 is 0 Å². The van der Waals surface area contributed by atoms with Crippen LogP contribution in [0.2, 0.25) is 0 Å². The van der Waals surface area contributed by atoms with Gasteiger partial charge in [-0.3, -0.25) is 14.5 Å². The standard InChI is InChI=1S/C29H22N2O7S/c1-35-17-8-4-6-15(12-17)24-23(25(32)21-13-16-7-5-9-20(37-3)27(16)38-21)26(33)28(34)31(24)29-30-19-11-10-18(36-2)14-22(19)39-29/h4-14,24,33H,1-3H3. The number of amides is 1. The van der Waals surface area contributed by atoms with Crippen LogP contribution in [0.25, 0.3) is 21.2 Å². The van der Waals surface area contributed by atoms with Crippen molar-refractivity contribution in [3.8, 4) is 17.2 Å². The van der Waals surface area contributed by atoms with Gasteiger partial charge in [0.25, 0.3) is 5.91 Å². The van der Waals surface area contributed by atoms with E-state index in [-0.39, 0.29) is 11.3 Å². The molecule has 9 nitrogen and oxygen atoms in total. The summed E-state index contributed by atoms with van der Waals surface area (Å²) < 4.78 is 22.8. The average Bonchev–Trinajstić information content (AvgIpc) is 3.66. The fourth-order valence-corrected chi connectivity index (χ4v) is 5.75. The van der Waals surface area contributed by atoms with Gasteiger partial charge in [-0.1, -0.05) is 35.6 Å². The summed E-state index contributed by atoms with van der Waals surface area (Å²) in [5.41, 5.74) is 1.48. The van der Waals surface area contributed by atoms with Crippen LogP contribution >= 0.6 is 11.3 Å². The van der Waals surface area contributed by atoms with Crippen molar-refractivity contribution in [2.45, 2.75) is 6.04 Å². The van der Waals surface area contributed by atoms with Gasteiger partial charge in [0.15, 0.2) is 28.0 Å². The van der Waals surface area contributed by atoms with Crippen LogP contribution in [0.15, 0.2) is 82.5 Å². The number of hydrogen-bond acceptors (Lipinski definition) is 9. The number of anilines is 1. The summed E-state index contributed by atoms with van der Waals surface area (Å²) in [7, 11) is 4.60. The maximum Gasteiger partial charge on any atom is 0.296 e. The minimum atomic E-state index is -0.988. The first kappa shape index (κ1) is 24.5. The van der Waals surface area contributed by atoms with E-state index in [1.165, 1.54) is 30.5 Å². The molecule has 2 aromatic heterocycles. The van der Waals surface area contributed by atoms with Crippen LogP contribution in [0.3, 0.4) is 0 Å². The molecule has 0 spiro atoms. The second-order valence-corrected chi connectivity index (χ2v) is 9.77. The molecule has 196 valence electrons. The number of benzene rings is 3. The zero-order valence-electron chi connectivity index (χ0n) is 21.1. The number of hydrogen-bond donors (Lipinski definition) is 1. The molecule has 1 aliphatic heterocycles. The normalized spacial score (nSPS) is 15.4. The highest BCUT2D eigenvalue weighted by Gasteiger charge is 2.46. The number of ether oxygens (including phenoxy) is 3. The van der Waals surface area contributed by atoms with Crippen LogP contribution in [0.1, 0.15) is 22.2 Å². The van der Waals surface area contributed by atoms with Gasteiger partial charge in [0.1, 0.15) is 11.5 Å². The number of nitrogens with zero attached hydrogens (tertiary/aromatic N) is 2. The molecule has 1 atom stereocenters. The Bertz CT molecular complexity index is 1800. The number of rotatable bonds is 7. The van der Waals surface area contributed by atoms with Crippen molar-refractivity contribution in [2.24, 2.45) is 0 Å². The van der Waals surface area contributed by atoms with Crippen molar-refractivity contribution in [1.82, 2.24) is 4.98 Å². The molecule has 0 radical (unpaired) electrons. The van der Waals surface area contributed by atoms with E-state index in [1.807, 2.05) is 6.07 Å². The third-order valence-electron chi connectivity index (χ3n) is 6.60. The van der Waals surface area contributed by atoms with E-state index in [1.54, 1.807) is 67.8 Å². The van der Waals surface area contributed by atoms with Gasteiger partial charge in [-0.05, 0) is 48.0 Å². The second-order valence-electron chi connectivity index (χ2n) is 8.77. The van der Waals surface area contributed by atoms with Crippen LogP contribution in [-0.2, 0) is 4.79 Å². The van der Waals surface area contributed by atoms with Crippen molar-refractivity contribution in [2.75, 3.05) is 26.2 Å². The molecule has 3 aromatic carbocycles. The Balaban J connectivity index is 1.51. The van der Waals surface area contributed by atoms with Crippen LogP contribution < -0.4 is 19.1 Å². The largest absolute Gasteiger partial charge is 0.503 e. The first-order valence-electron chi connectivity index (χ1n) is 11.9. The first-order chi connectivity index (χ1) is 18.9. The Morgan fingerprint density at radius 1 is 0.974 bits per heavy atom. The van der Waals surface area contributed by atoms with Gasteiger partial charge in [0.05, 0.1) is 43.2 Å². The van der Waals surface area contributed by atoms with E-state index in [0.29, 0.717) is 44.4 Å². The number of furan rings is 1. The van der Waals surface area contributed by atoms with Gasteiger partial charge in [-0.25, -0.2) is 4.98 Å². The Labute approximate surface area is 226 Å². The molecule has 6 rings (SSSR count). The highest BCUT2D eigenvalue weighted by molar-refractivity contribution is 7.22. The molecular weight excluding hydrogens is 520 g/mol. The quantitative estimate of drug-likeness (QED) is 0.255. The summed E-state index contributed by atoms with van der Waals surface area (Å²) in [6.07, 6.45) is 0. The maximum atomic E-state index is 13.9. The molecular formula is C29H22N2O7S. The maximum absolute atomic E-state index is 13.9. The molecule has 0 saturated heterocycles. The molecule has 1 N–H and O–H groups in total. The van der Waals surface area contributed by atoms with Crippen LogP contribution in [-0.4, -0.2) is 43.1 Å². The lowest BCUT2D eigenvalue weighted by molar-refractivity contribution is -0.117. The molecule has 1 aliphatic rings. The molecule has 0 fully saturated rings. The lowest BCUT2D eigenvalue weighted by atomic mass is 9.95. The molecule has 5 aromatic rings. The van der Waals surface area contributed by atoms with Gasteiger partial charge in [0.2, 0.25) is 5.78 Å². The molecule has 1 unspecified atom stereocenters. The van der Waals surface area contributed by atoms with Gasteiger partial charge in [-0.15, -0.1) is 0 Å². The highest BCUT2D eigenvalue weighted by Crippen LogP contribution is 2.45. The number of thiazole rings is 1. The lowest BCUT2D eigenvalue weighted by Gasteiger charge is -2.24. The first-order valence-corrected chi connectivity index (χ1v) is 12.7. The summed E-state index contributed by atoms with van der Waals surface area (Å²) in [6.45, 7) is 0. The fourth-order valence-electron chi connectivity index (χ4n) is 4.73. The second kappa shape index (κ2) is 9.48. The fraction of sp³-hybridized carbons (Fsp3) is 0.138. The van der Waals surface area contributed by atoms with E-state index < -0.39 is 23.5 Å². The molecule has 0 aliphatic carbocycles. The smallest absolute Gasteiger partial charge is 0.296 e. The molecule has 1 amide bonds. The van der Waals surface area contributed by atoms with E-state index in [4.69, 9.17) is 18.6 Å². The Morgan fingerprint density at radius 2 is 1.74 bits per heavy atom. The number of fused-ring (bicyclic) bond motifs is 2. The number of methoxy groups -OCH3 is 3. The van der Waals surface area contributed by atoms with Crippen molar-refractivity contribution in [3.05, 3.63) is 89.4 Å². The number of Topliss-reactive ketones (excluding diaryl/α,β-unsaturated/α-hetero) is 1. The zero-order chi connectivity index (χ0) is 27.3. The van der Waals surface area contributed by atoms with Gasteiger partial charge in [-0.2, -0.15) is 0 Å². The number of aromatic nitrogens is 1. The summed E-state index contributed by atoms with van der Waals surface area (Å²) in [6, 6.07) is 18.2. The van der Waals surface area contributed by atoms with Crippen molar-refractivity contribution < 1.29 is 33.3 Å². The van der Waals surface area contributed by atoms with Gasteiger partial charge in [0, 0.05) is 5.39 Å². The van der Waals surface area contributed by atoms with Gasteiger partial charge < -0.3 is 23.7 Å². The number of ketones is 1. The van der Waals surface area contributed by atoms with Gasteiger partial charge >= 0.3 is 0 Å². The van der Waals surface area contributed by atoms with E-state index in [2.05, 4.69) is 4.98 Å². The average molecular weight is 543 g/mol. The third kappa shape index (κ3) is 3.96. The number of carbonyl (C=O) groups excluding carboxylic acids is 2. The summed E-state index contributed by atoms with van der Waals surface area (Å²) in [5, 5.41) is 12.1. The minimum absolute atomic E-state index is 0.0346. The SMILES string of the molecule is COc1cccc(C2C(C(=O)c3cc4cccc(OC)c4o3)=C(O)C(=O)N2c2nc3ccc(OC)cc3s2)c1. The molecule has 3 heterocycles. The summed E-state index contributed by atoms with van der Waals surface area (Å²) >= 11 is 1.25. The number of aliphatic hydroxyl groups is 1. The van der Waals surface area contributed by atoms with Crippen molar-refractivity contribution in [3.63, 3.8) is 0 Å². The van der Waals surface area contributed by atoms with Crippen molar-refractivity contribution >= 4 is 49.3 Å². The summed E-state index contributed by atoms with van der Waals surface area (Å²) in [4.78, 5) is 33.5. The number of para-hydroxylation sites is 1. The topological polar surface area (TPSA) is 111 Å². The highest BCUT2D eigenvalue weighted by atomic mass is 32.1. The third-order valence-corrected chi connectivity index (χ3v) is 7.62. The monoisotopic (exact) mass is 542 g/mol. The number of carbonyl (C=O) groups is 2. The predicted octanol–water partition coefficient (Wildman–Crippen LogP) is 5.85. The number of aliphatic hydroxyl groups excluding tert-OH is 1. The van der Waals surface area contributed by atoms with Crippen LogP contribution in [0.5, 0.6) is 17.2 Å². The Kier molecular flexibility index (Phi) is 5.96. The molecule has 0 saturated carbocycles. The summed E-state index contributed by atoms with van der Waals surface area (Å²) in [5.74, 6) is -0.441.